The molecule has 4 nitrogen and oxygen atoms in total. The van der Waals surface area contributed by atoms with Crippen molar-refractivity contribution in [2.24, 2.45) is 0 Å². The van der Waals surface area contributed by atoms with Crippen LogP contribution in [0.5, 0.6) is 0 Å². The number of nitrogens with one attached hydrogen (secondary N) is 1. The first kappa shape index (κ1) is 13.0. The van der Waals surface area contributed by atoms with Gasteiger partial charge in [-0.3, -0.25) is 0 Å². The van der Waals surface area contributed by atoms with E-state index in [1.165, 1.54) is 17.7 Å². The van der Waals surface area contributed by atoms with E-state index in [1.807, 2.05) is 24.3 Å². The fourth-order valence-corrected chi connectivity index (χ4v) is 2.70. The van der Waals surface area contributed by atoms with Gasteiger partial charge in [-0.05, 0) is 17.7 Å². The molecule has 0 spiro atoms. The third-order valence-corrected chi connectivity index (χ3v) is 3.89. The van der Waals surface area contributed by atoms with Crippen molar-refractivity contribution in [3.8, 4) is 11.1 Å². The minimum atomic E-state index is 0.571. The van der Waals surface area contributed by atoms with Crippen LogP contribution in [0.3, 0.4) is 0 Å². The molecule has 0 atom stereocenters. The highest BCUT2D eigenvalue weighted by Gasteiger charge is 2.01. The van der Waals surface area contributed by atoms with Gasteiger partial charge in [0.1, 0.15) is 6.33 Å². The molecule has 0 saturated carbocycles. The fourth-order valence-electron chi connectivity index (χ4n) is 1.78. The van der Waals surface area contributed by atoms with Crippen molar-refractivity contribution in [1.29, 1.82) is 0 Å². The van der Waals surface area contributed by atoms with E-state index in [2.05, 4.69) is 20.3 Å². The monoisotopic (exact) mass is 302 g/mol. The zero-order valence-corrected chi connectivity index (χ0v) is 12.0. The maximum Gasteiger partial charge on any atom is 0.183 e. The van der Waals surface area contributed by atoms with Crippen LogP contribution < -0.4 is 5.32 Å². The first-order valence-electron chi connectivity index (χ1n) is 6.01. The minimum Gasteiger partial charge on any atom is -0.380 e. The molecule has 0 saturated heterocycles. The normalized spacial score (nSPS) is 10.4. The Bertz CT molecular complexity index is 682. The van der Waals surface area contributed by atoms with Crippen LogP contribution in [0.4, 0.5) is 5.69 Å². The van der Waals surface area contributed by atoms with Crippen LogP contribution in [0.2, 0.25) is 4.47 Å². The highest BCUT2D eigenvalue weighted by Crippen LogP contribution is 2.22. The molecule has 3 rings (SSSR count). The van der Waals surface area contributed by atoms with Gasteiger partial charge in [-0.25, -0.2) is 15.0 Å². The van der Waals surface area contributed by atoms with Crippen molar-refractivity contribution in [3.05, 3.63) is 58.5 Å². The third kappa shape index (κ3) is 3.12. The molecule has 100 valence electrons. The molecular weight excluding hydrogens is 292 g/mol. The predicted molar refractivity (Wildman–Crippen MR) is 81.9 cm³/mol. The Kier molecular flexibility index (Phi) is 3.90. The van der Waals surface area contributed by atoms with Crippen LogP contribution in [0.25, 0.3) is 11.1 Å². The summed E-state index contributed by atoms with van der Waals surface area (Å²) in [6.45, 7) is 0.720. The lowest BCUT2D eigenvalue weighted by molar-refractivity contribution is 1.17. The maximum atomic E-state index is 5.80. The van der Waals surface area contributed by atoms with Crippen LogP contribution in [0.15, 0.2) is 49.2 Å². The molecule has 2 heterocycles. The van der Waals surface area contributed by atoms with E-state index in [0.717, 1.165) is 28.2 Å². The van der Waals surface area contributed by atoms with Gasteiger partial charge in [0.2, 0.25) is 0 Å². The second kappa shape index (κ2) is 5.98. The summed E-state index contributed by atoms with van der Waals surface area (Å²) in [6, 6.07) is 8.15. The SMILES string of the molecule is Clc1ncc(CNc2ccc(-c3cncnc3)cc2)s1. The quantitative estimate of drug-likeness (QED) is 0.795. The van der Waals surface area contributed by atoms with Gasteiger partial charge in [-0.15, -0.1) is 11.3 Å². The van der Waals surface area contributed by atoms with Gasteiger partial charge in [0.05, 0.1) is 6.54 Å². The van der Waals surface area contributed by atoms with E-state index < -0.39 is 0 Å². The van der Waals surface area contributed by atoms with Gasteiger partial charge in [0, 0.05) is 34.7 Å². The van der Waals surface area contributed by atoms with Crippen molar-refractivity contribution in [2.45, 2.75) is 6.54 Å². The molecule has 0 bridgehead atoms. The van der Waals surface area contributed by atoms with E-state index in [4.69, 9.17) is 11.6 Å². The fraction of sp³-hybridized carbons (Fsp3) is 0.0714. The molecule has 1 aromatic carbocycles. The van der Waals surface area contributed by atoms with Crippen molar-refractivity contribution in [2.75, 3.05) is 5.32 Å². The van der Waals surface area contributed by atoms with Crippen LogP contribution in [0.1, 0.15) is 4.88 Å². The van der Waals surface area contributed by atoms with Gasteiger partial charge in [-0.2, -0.15) is 0 Å². The molecule has 0 aliphatic rings. The Morgan fingerprint density at radius 3 is 2.40 bits per heavy atom. The van der Waals surface area contributed by atoms with E-state index in [1.54, 1.807) is 18.6 Å². The molecule has 0 unspecified atom stereocenters. The number of anilines is 1. The van der Waals surface area contributed by atoms with Crippen molar-refractivity contribution in [1.82, 2.24) is 15.0 Å². The molecule has 0 radical (unpaired) electrons. The molecule has 0 aliphatic carbocycles. The van der Waals surface area contributed by atoms with Gasteiger partial charge in [0.25, 0.3) is 0 Å². The Morgan fingerprint density at radius 2 is 1.75 bits per heavy atom. The van der Waals surface area contributed by atoms with Gasteiger partial charge < -0.3 is 5.32 Å². The summed E-state index contributed by atoms with van der Waals surface area (Å²) >= 11 is 7.28. The zero-order valence-electron chi connectivity index (χ0n) is 10.5. The number of aromatic nitrogens is 3. The predicted octanol–water partition coefficient (Wildman–Crippen LogP) is 3.87. The highest BCUT2D eigenvalue weighted by atomic mass is 35.5. The molecule has 1 N–H and O–H groups in total. The molecule has 3 aromatic rings. The first-order chi connectivity index (χ1) is 9.81. The summed E-state index contributed by atoms with van der Waals surface area (Å²) < 4.78 is 0.571. The number of thiazole rings is 1. The lowest BCUT2D eigenvalue weighted by Gasteiger charge is -2.06. The van der Waals surface area contributed by atoms with Crippen LogP contribution in [-0.4, -0.2) is 15.0 Å². The zero-order chi connectivity index (χ0) is 13.8. The van der Waals surface area contributed by atoms with Crippen molar-refractivity contribution < 1.29 is 0 Å². The average molecular weight is 303 g/mol. The molecular formula is C14H11ClN4S. The van der Waals surface area contributed by atoms with Crippen LogP contribution in [0, 0.1) is 0 Å². The Labute approximate surface area is 125 Å². The van der Waals surface area contributed by atoms with Crippen LogP contribution in [-0.2, 0) is 6.54 Å². The second-order valence-electron chi connectivity index (χ2n) is 4.14. The van der Waals surface area contributed by atoms with Gasteiger partial charge in [0.15, 0.2) is 4.47 Å². The lowest BCUT2D eigenvalue weighted by atomic mass is 10.1. The second-order valence-corrected chi connectivity index (χ2v) is 5.83. The molecule has 0 fully saturated rings. The summed E-state index contributed by atoms with van der Waals surface area (Å²) in [4.78, 5) is 13.2. The number of nitrogens with zero attached hydrogens (tertiary/aromatic N) is 3. The Balaban J connectivity index is 1.67. The highest BCUT2D eigenvalue weighted by molar-refractivity contribution is 7.15. The number of benzene rings is 1. The van der Waals surface area contributed by atoms with Crippen molar-refractivity contribution >= 4 is 28.6 Å². The van der Waals surface area contributed by atoms with E-state index in [-0.39, 0.29) is 0 Å². The maximum absolute atomic E-state index is 5.80. The van der Waals surface area contributed by atoms with E-state index >= 15 is 0 Å². The van der Waals surface area contributed by atoms with Gasteiger partial charge >= 0.3 is 0 Å². The van der Waals surface area contributed by atoms with Gasteiger partial charge in [-0.1, -0.05) is 23.7 Å². The van der Waals surface area contributed by atoms with Crippen molar-refractivity contribution in [3.63, 3.8) is 0 Å². The minimum absolute atomic E-state index is 0.571. The molecule has 20 heavy (non-hydrogen) atoms. The summed E-state index contributed by atoms with van der Waals surface area (Å²) in [5.41, 5.74) is 3.15. The van der Waals surface area contributed by atoms with Crippen LogP contribution >= 0.6 is 22.9 Å². The van der Waals surface area contributed by atoms with E-state index in [9.17, 15) is 0 Å². The molecule has 2 aromatic heterocycles. The smallest absolute Gasteiger partial charge is 0.183 e. The molecule has 0 amide bonds. The number of hydrogen-bond acceptors (Lipinski definition) is 5. The standard InChI is InChI=1S/C14H11ClN4S/c15-14-19-8-13(20-14)7-18-12-3-1-10(2-4-12)11-5-16-9-17-6-11/h1-6,8-9,18H,7H2. The topological polar surface area (TPSA) is 50.7 Å². The average Bonchev–Trinajstić information content (AvgIpc) is 2.92. The van der Waals surface area contributed by atoms with E-state index in [0.29, 0.717) is 4.47 Å². The summed E-state index contributed by atoms with van der Waals surface area (Å²) in [6.07, 6.45) is 6.92. The number of hydrogen-bond donors (Lipinski definition) is 1. The number of halogens is 1. The summed E-state index contributed by atoms with van der Waals surface area (Å²) in [7, 11) is 0. The first-order valence-corrected chi connectivity index (χ1v) is 7.20. The summed E-state index contributed by atoms with van der Waals surface area (Å²) in [5, 5.41) is 3.33. The lowest BCUT2D eigenvalue weighted by Crippen LogP contribution is -1.96. The molecule has 0 aliphatic heterocycles. The third-order valence-electron chi connectivity index (χ3n) is 2.77. The molecule has 6 heteroatoms. The Morgan fingerprint density at radius 1 is 1.00 bits per heavy atom. The largest absolute Gasteiger partial charge is 0.380 e. The number of rotatable bonds is 4. The Hall–Kier alpha value is -1.98. The summed E-state index contributed by atoms with van der Waals surface area (Å²) in [5.74, 6) is 0.